The second-order valence-electron chi connectivity index (χ2n) is 7.61. The van der Waals surface area contributed by atoms with Gasteiger partial charge in [0.25, 0.3) is 5.91 Å². The summed E-state index contributed by atoms with van der Waals surface area (Å²) < 4.78 is 0. The third-order valence-corrected chi connectivity index (χ3v) is 5.67. The molecule has 6 heteroatoms. The zero-order valence-electron chi connectivity index (χ0n) is 15.6. The Hall–Kier alpha value is -2.76. The van der Waals surface area contributed by atoms with Crippen LogP contribution in [0.2, 0.25) is 0 Å². The molecule has 2 saturated heterocycles. The zero-order valence-corrected chi connectivity index (χ0v) is 15.6. The quantitative estimate of drug-likeness (QED) is 0.839. The van der Waals surface area contributed by atoms with Crippen molar-refractivity contribution in [1.82, 2.24) is 19.8 Å². The Morgan fingerprint density at radius 3 is 2.85 bits per heavy atom. The number of hydrogen-bond donors (Lipinski definition) is 0. The number of hydrogen-bond acceptors (Lipinski definition) is 4. The Morgan fingerprint density at radius 1 is 1.19 bits per heavy atom. The summed E-state index contributed by atoms with van der Waals surface area (Å²) in [6, 6.07) is 9.37. The van der Waals surface area contributed by atoms with Crippen molar-refractivity contribution in [3.05, 3.63) is 59.7 Å². The molecule has 0 aliphatic carbocycles. The third kappa shape index (κ3) is 3.44. The molecule has 2 aromatic rings. The predicted octanol–water partition coefficient (Wildman–Crippen LogP) is 2.44. The molecule has 1 unspecified atom stereocenters. The van der Waals surface area contributed by atoms with Crippen LogP contribution >= 0.6 is 0 Å². The lowest BCUT2D eigenvalue weighted by molar-refractivity contribution is -0.138. The maximum atomic E-state index is 13.2. The molecular weight excluding hydrogens is 340 g/mol. The standard InChI is InChI=1S/C21H24N4O2/c1-16-5-2-7-18(23-16)19(26)25-11-4-8-21(15-25)9-12-24(20(21)27)14-17-6-3-10-22-13-17/h2-3,5-7,10,13H,4,8-9,11-12,14-15H2,1H3. The fourth-order valence-corrected chi connectivity index (χ4v) is 4.26. The minimum atomic E-state index is -0.445. The summed E-state index contributed by atoms with van der Waals surface area (Å²) in [4.78, 5) is 38.3. The van der Waals surface area contributed by atoms with Crippen molar-refractivity contribution in [1.29, 1.82) is 0 Å². The molecule has 2 amide bonds. The lowest BCUT2D eigenvalue weighted by Crippen LogP contribution is -2.49. The number of piperidine rings is 1. The van der Waals surface area contributed by atoms with E-state index in [1.807, 2.05) is 41.0 Å². The highest BCUT2D eigenvalue weighted by atomic mass is 16.2. The van der Waals surface area contributed by atoms with Crippen LogP contribution in [0.25, 0.3) is 0 Å². The monoisotopic (exact) mass is 364 g/mol. The minimum absolute atomic E-state index is 0.0729. The van der Waals surface area contributed by atoms with Gasteiger partial charge in [-0.15, -0.1) is 0 Å². The molecular formula is C21H24N4O2. The van der Waals surface area contributed by atoms with Gasteiger partial charge in [-0.3, -0.25) is 14.6 Å². The fraction of sp³-hybridized carbons (Fsp3) is 0.429. The van der Waals surface area contributed by atoms with E-state index in [-0.39, 0.29) is 11.8 Å². The van der Waals surface area contributed by atoms with Crippen LogP contribution in [0.3, 0.4) is 0 Å². The summed E-state index contributed by atoms with van der Waals surface area (Å²) >= 11 is 0. The van der Waals surface area contributed by atoms with Crippen molar-refractivity contribution in [2.45, 2.75) is 32.7 Å². The highest BCUT2D eigenvalue weighted by molar-refractivity contribution is 5.93. The Kier molecular flexibility index (Phi) is 4.64. The maximum absolute atomic E-state index is 13.2. The summed E-state index contributed by atoms with van der Waals surface area (Å²) in [5, 5.41) is 0. The first-order valence-corrected chi connectivity index (χ1v) is 9.49. The van der Waals surface area contributed by atoms with E-state index in [1.165, 1.54) is 0 Å². The first kappa shape index (κ1) is 17.6. The summed E-state index contributed by atoms with van der Waals surface area (Å²) in [6.07, 6.45) is 6.04. The largest absolute Gasteiger partial charge is 0.338 e. The smallest absolute Gasteiger partial charge is 0.272 e. The van der Waals surface area contributed by atoms with Gasteiger partial charge in [-0.05, 0) is 49.9 Å². The van der Waals surface area contributed by atoms with E-state index in [1.54, 1.807) is 18.5 Å². The van der Waals surface area contributed by atoms with Gasteiger partial charge in [0.15, 0.2) is 0 Å². The van der Waals surface area contributed by atoms with Gasteiger partial charge in [-0.25, -0.2) is 4.98 Å². The number of aryl methyl sites for hydroxylation is 1. The third-order valence-electron chi connectivity index (χ3n) is 5.67. The number of nitrogens with zero attached hydrogens (tertiary/aromatic N) is 4. The number of likely N-dealkylation sites (tertiary alicyclic amines) is 2. The van der Waals surface area contributed by atoms with Gasteiger partial charge in [0, 0.05) is 44.3 Å². The Balaban J connectivity index is 1.49. The second-order valence-corrected chi connectivity index (χ2v) is 7.61. The molecule has 0 aromatic carbocycles. The molecule has 2 aromatic heterocycles. The number of amides is 2. The van der Waals surface area contributed by atoms with Gasteiger partial charge in [-0.2, -0.15) is 0 Å². The van der Waals surface area contributed by atoms with E-state index in [0.717, 1.165) is 37.1 Å². The molecule has 1 atom stereocenters. The number of rotatable bonds is 3. The lowest BCUT2D eigenvalue weighted by atomic mass is 9.78. The van der Waals surface area contributed by atoms with E-state index in [9.17, 15) is 9.59 Å². The van der Waals surface area contributed by atoms with Gasteiger partial charge < -0.3 is 9.80 Å². The van der Waals surface area contributed by atoms with Gasteiger partial charge in [0.2, 0.25) is 5.91 Å². The van der Waals surface area contributed by atoms with Crippen molar-refractivity contribution in [2.75, 3.05) is 19.6 Å². The van der Waals surface area contributed by atoms with Crippen LogP contribution in [0.1, 0.15) is 41.0 Å². The van der Waals surface area contributed by atoms with Crippen molar-refractivity contribution in [3.8, 4) is 0 Å². The van der Waals surface area contributed by atoms with Crippen LogP contribution < -0.4 is 0 Å². The zero-order chi connectivity index (χ0) is 18.9. The maximum Gasteiger partial charge on any atom is 0.272 e. The van der Waals surface area contributed by atoms with Crippen LogP contribution in [0.15, 0.2) is 42.7 Å². The Labute approximate surface area is 159 Å². The fourth-order valence-electron chi connectivity index (χ4n) is 4.26. The van der Waals surface area contributed by atoms with Crippen LogP contribution in [0.4, 0.5) is 0 Å². The number of carbonyl (C=O) groups excluding carboxylic acids is 2. The average molecular weight is 364 g/mol. The number of carbonyl (C=O) groups is 2. The van der Waals surface area contributed by atoms with E-state index in [0.29, 0.717) is 25.3 Å². The van der Waals surface area contributed by atoms with Gasteiger partial charge in [0.1, 0.15) is 5.69 Å². The lowest BCUT2D eigenvalue weighted by Gasteiger charge is -2.39. The van der Waals surface area contributed by atoms with E-state index >= 15 is 0 Å². The van der Waals surface area contributed by atoms with Crippen LogP contribution in [-0.4, -0.2) is 51.2 Å². The van der Waals surface area contributed by atoms with E-state index in [4.69, 9.17) is 0 Å². The van der Waals surface area contributed by atoms with Crippen molar-refractivity contribution >= 4 is 11.8 Å². The molecule has 4 heterocycles. The van der Waals surface area contributed by atoms with Crippen molar-refractivity contribution in [2.24, 2.45) is 5.41 Å². The molecule has 4 rings (SSSR count). The summed E-state index contributed by atoms with van der Waals surface area (Å²) in [7, 11) is 0. The molecule has 0 saturated carbocycles. The SMILES string of the molecule is Cc1cccc(C(=O)N2CCCC3(CCN(Cc4cccnc4)C3=O)C2)n1. The van der Waals surface area contributed by atoms with Crippen LogP contribution in [0, 0.1) is 12.3 Å². The second kappa shape index (κ2) is 7.10. The molecule has 27 heavy (non-hydrogen) atoms. The molecule has 2 aliphatic heterocycles. The van der Waals surface area contributed by atoms with Crippen molar-refractivity contribution in [3.63, 3.8) is 0 Å². The van der Waals surface area contributed by atoms with Gasteiger partial charge in [-0.1, -0.05) is 12.1 Å². The molecule has 2 aliphatic rings. The van der Waals surface area contributed by atoms with Crippen molar-refractivity contribution < 1.29 is 9.59 Å². The predicted molar refractivity (Wildman–Crippen MR) is 101 cm³/mol. The topological polar surface area (TPSA) is 66.4 Å². The van der Waals surface area contributed by atoms with Crippen LogP contribution in [0.5, 0.6) is 0 Å². The highest BCUT2D eigenvalue weighted by Crippen LogP contribution is 2.40. The molecule has 0 N–H and O–H groups in total. The molecule has 0 bridgehead atoms. The summed E-state index contributed by atoms with van der Waals surface area (Å²) in [6.45, 7) is 4.38. The summed E-state index contributed by atoms with van der Waals surface area (Å²) in [5.41, 5.74) is 1.88. The normalized spacial score (nSPS) is 22.5. The molecule has 6 nitrogen and oxygen atoms in total. The Morgan fingerprint density at radius 2 is 2.07 bits per heavy atom. The minimum Gasteiger partial charge on any atom is -0.338 e. The number of aromatic nitrogens is 2. The van der Waals surface area contributed by atoms with E-state index in [2.05, 4.69) is 9.97 Å². The number of pyridine rings is 2. The molecule has 140 valence electrons. The van der Waals surface area contributed by atoms with E-state index < -0.39 is 5.41 Å². The first-order chi connectivity index (χ1) is 13.1. The average Bonchev–Trinajstić information content (AvgIpc) is 2.98. The highest BCUT2D eigenvalue weighted by Gasteiger charge is 2.49. The molecule has 2 fully saturated rings. The van der Waals surface area contributed by atoms with Gasteiger partial charge in [0.05, 0.1) is 5.41 Å². The first-order valence-electron chi connectivity index (χ1n) is 9.49. The molecule has 1 spiro atoms. The van der Waals surface area contributed by atoms with Crippen LogP contribution in [-0.2, 0) is 11.3 Å². The Bertz CT molecular complexity index is 854. The molecule has 0 radical (unpaired) electrons. The van der Waals surface area contributed by atoms with Gasteiger partial charge >= 0.3 is 0 Å². The summed E-state index contributed by atoms with van der Waals surface area (Å²) in [5.74, 6) is 0.0948.